The van der Waals surface area contributed by atoms with Gasteiger partial charge in [0, 0.05) is 8.07 Å². The third kappa shape index (κ3) is 1.95. The first-order valence-corrected chi connectivity index (χ1v) is 10.2. The van der Waals surface area contributed by atoms with E-state index in [0.717, 1.165) is 5.54 Å². The maximum Gasteiger partial charge on any atom is 0.0482 e. The molecule has 0 heterocycles. The maximum absolute atomic E-state index is 2.58. The molecular weight excluding hydrogens is 196 g/mol. The molecule has 0 saturated heterocycles. The lowest BCUT2D eigenvalue weighted by Gasteiger charge is -2.50. The molecule has 1 heteroatoms. The van der Waals surface area contributed by atoms with E-state index >= 15 is 0 Å². The third-order valence-corrected chi connectivity index (χ3v) is 7.80. The van der Waals surface area contributed by atoms with Crippen LogP contribution in [0.4, 0.5) is 0 Å². The van der Waals surface area contributed by atoms with Gasteiger partial charge in [0.2, 0.25) is 0 Å². The monoisotopic (exact) mass is 222 g/mol. The Morgan fingerprint density at radius 1 is 1.27 bits per heavy atom. The van der Waals surface area contributed by atoms with Crippen molar-refractivity contribution < 1.29 is 0 Å². The summed E-state index contributed by atoms with van der Waals surface area (Å²) >= 11 is 0. The van der Waals surface area contributed by atoms with Crippen molar-refractivity contribution in [3.05, 3.63) is 11.6 Å². The molecule has 15 heavy (non-hydrogen) atoms. The zero-order chi connectivity index (χ0) is 11.1. The highest BCUT2D eigenvalue weighted by molar-refractivity contribution is 6.77. The summed E-state index contributed by atoms with van der Waals surface area (Å²) in [7, 11) is -0.978. The van der Waals surface area contributed by atoms with Crippen molar-refractivity contribution in [3.63, 3.8) is 0 Å². The molecule has 0 aliphatic heterocycles. The predicted octanol–water partition coefficient (Wildman–Crippen LogP) is 5.00. The normalized spacial score (nSPS) is 37.1. The van der Waals surface area contributed by atoms with Gasteiger partial charge in [-0.1, -0.05) is 44.6 Å². The molecule has 86 valence electrons. The van der Waals surface area contributed by atoms with Gasteiger partial charge < -0.3 is 0 Å². The van der Waals surface area contributed by atoms with Gasteiger partial charge in [0.1, 0.15) is 0 Å². The average molecular weight is 222 g/mol. The highest BCUT2D eigenvalue weighted by Gasteiger charge is 2.46. The van der Waals surface area contributed by atoms with Crippen LogP contribution >= 0.6 is 0 Å². The molecule has 0 nitrogen and oxygen atoms in total. The van der Waals surface area contributed by atoms with Crippen molar-refractivity contribution in [3.8, 4) is 0 Å². The molecule has 0 aromatic carbocycles. The van der Waals surface area contributed by atoms with E-state index in [1.807, 2.05) is 5.57 Å². The van der Waals surface area contributed by atoms with Crippen molar-refractivity contribution in [2.24, 2.45) is 5.41 Å². The summed E-state index contributed by atoms with van der Waals surface area (Å²) in [5, 5.41) is 0. The van der Waals surface area contributed by atoms with E-state index in [2.05, 4.69) is 32.6 Å². The number of hydrogen-bond acceptors (Lipinski definition) is 0. The largest absolute Gasteiger partial charge is 0.0848 e. The van der Waals surface area contributed by atoms with E-state index in [9.17, 15) is 0 Å². The van der Waals surface area contributed by atoms with Gasteiger partial charge in [0.25, 0.3) is 0 Å². The zero-order valence-electron chi connectivity index (χ0n) is 10.9. The summed E-state index contributed by atoms with van der Waals surface area (Å²) in [5.74, 6) is 0. The first kappa shape index (κ1) is 11.4. The average Bonchev–Trinajstić information content (AvgIpc) is 2.14. The van der Waals surface area contributed by atoms with E-state index in [1.165, 1.54) is 38.5 Å². The van der Waals surface area contributed by atoms with Crippen LogP contribution in [0.2, 0.25) is 25.2 Å². The summed E-state index contributed by atoms with van der Waals surface area (Å²) in [6, 6.07) is 0. The molecule has 0 amide bonds. The molecule has 1 saturated carbocycles. The Kier molecular flexibility index (Phi) is 2.87. The van der Waals surface area contributed by atoms with Gasteiger partial charge in [-0.2, -0.15) is 0 Å². The molecule has 2 atom stereocenters. The van der Waals surface area contributed by atoms with E-state index < -0.39 is 8.07 Å². The third-order valence-electron chi connectivity index (χ3n) is 4.79. The summed E-state index contributed by atoms with van der Waals surface area (Å²) in [6.07, 6.45) is 11.2. The van der Waals surface area contributed by atoms with Crippen LogP contribution in [0.3, 0.4) is 0 Å². The Balaban J connectivity index is 2.31. The topological polar surface area (TPSA) is 0 Å². The summed E-state index contributed by atoms with van der Waals surface area (Å²) < 4.78 is 0. The Morgan fingerprint density at radius 2 is 2.00 bits per heavy atom. The van der Waals surface area contributed by atoms with E-state index in [4.69, 9.17) is 0 Å². The molecule has 0 unspecified atom stereocenters. The molecule has 2 aliphatic rings. The molecule has 0 radical (unpaired) electrons. The van der Waals surface area contributed by atoms with Crippen LogP contribution in [0.25, 0.3) is 0 Å². The standard InChI is InChI=1S/C14H26Si/c1-14-11-6-5-8-12(14)9-7-10-13(14)15(2,3)4/h9,13H,5-8,10-11H2,1-4H3/t13-,14+/m0/s1. The highest BCUT2D eigenvalue weighted by Crippen LogP contribution is 2.56. The summed E-state index contributed by atoms with van der Waals surface area (Å²) in [5.41, 5.74) is 3.46. The van der Waals surface area contributed by atoms with Crippen LogP contribution in [0.15, 0.2) is 11.6 Å². The quantitative estimate of drug-likeness (QED) is 0.433. The predicted molar refractivity (Wildman–Crippen MR) is 71.0 cm³/mol. The Hall–Kier alpha value is -0.0431. The van der Waals surface area contributed by atoms with Crippen molar-refractivity contribution in [2.45, 2.75) is 70.6 Å². The minimum atomic E-state index is -0.978. The fraction of sp³-hybridized carbons (Fsp3) is 0.857. The lowest BCUT2D eigenvalue weighted by atomic mass is 9.66. The summed E-state index contributed by atoms with van der Waals surface area (Å²) in [4.78, 5) is 0. The van der Waals surface area contributed by atoms with Gasteiger partial charge >= 0.3 is 0 Å². The smallest absolute Gasteiger partial charge is 0.0482 e. The van der Waals surface area contributed by atoms with Gasteiger partial charge in [-0.15, -0.1) is 0 Å². The number of rotatable bonds is 1. The van der Waals surface area contributed by atoms with Gasteiger partial charge in [-0.3, -0.25) is 0 Å². The van der Waals surface area contributed by atoms with Gasteiger partial charge in [-0.25, -0.2) is 0 Å². The van der Waals surface area contributed by atoms with Crippen LogP contribution < -0.4 is 0 Å². The minimum absolute atomic E-state index is 0.598. The van der Waals surface area contributed by atoms with Crippen LogP contribution in [-0.2, 0) is 0 Å². The Morgan fingerprint density at radius 3 is 2.67 bits per heavy atom. The second-order valence-electron chi connectivity index (χ2n) is 6.85. The molecule has 0 N–H and O–H groups in total. The first-order valence-electron chi connectivity index (χ1n) is 6.64. The van der Waals surface area contributed by atoms with E-state index in [0.29, 0.717) is 5.41 Å². The minimum Gasteiger partial charge on any atom is -0.0848 e. The van der Waals surface area contributed by atoms with Crippen molar-refractivity contribution in [2.75, 3.05) is 0 Å². The number of fused-ring (bicyclic) bond motifs is 1. The van der Waals surface area contributed by atoms with Crippen LogP contribution in [0, 0.1) is 5.41 Å². The number of allylic oxidation sites excluding steroid dienone is 2. The lowest BCUT2D eigenvalue weighted by Crippen LogP contribution is -2.43. The van der Waals surface area contributed by atoms with E-state index in [-0.39, 0.29) is 0 Å². The molecule has 0 aromatic heterocycles. The Bertz CT molecular complexity index is 272. The summed E-state index contributed by atoms with van der Waals surface area (Å²) in [6.45, 7) is 10.3. The SMILES string of the molecule is C[C@@]12CCCCC1=CCC[C@@H]2[Si](C)(C)C. The molecule has 0 spiro atoms. The Labute approximate surface area is 96.2 Å². The molecule has 0 bridgehead atoms. The molecule has 1 fully saturated rings. The zero-order valence-corrected chi connectivity index (χ0v) is 11.9. The van der Waals surface area contributed by atoms with Crippen LogP contribution in [0.5, 0.6) is 0 Å². The van der Waals surface area contributed by atoms with Crippen LogP contribution in [0.1, 0.15) is 45.4 Å². The van der Waals surface area contributed by atoms with Crippen molar-refractivity contribution in [1.82, 2.24) is 0 Å². The van der Waals surface area contributed by atoms with Gasteiger partial charge in [-0.05, 0) is 43.1 Å². The fourth-order valence-electron chi connectivity index (χ4n) is 4.12. The highest BCUT2D eigenvalue weighted by atomic mass is 28.3. The molecule has 0 aromatic rings. The van der Waals surface area contributed by atoms with Gasteiger partial charge in [0.15, 0.2) is 0 Å². The molecule has 2 rings (SSSR count). The molecular formula is C14H26Si. The van der Waals surface area contributed by atoms with Crippen LogP contribution in [-0.4, -0.2) is 8.07 Å². The second kappa shape index (κ2) is 3.76. The lowest BCUT2D eigenvalue weighted by molar-refractivity contribution is 0.256. The fourth-order valence-corrected chi connectivity index (χ4v) is 7.39. The number of hydrogen-bond donors (Lipinski definition) is 0. The second-order valence-corrected chi connectivity index (χ2v) is 12.3. The van der Waals surface area contributed by atoms with E-state index in [1.54, 1.807) is 0 Å². The molecule has 2 aliphatic carbocycles. The first-order chi connectivity index (χ1) is 6.94. The van der Waals surface area contributed by atoms with Gasteiger partial charge in [0.05, 0.1) is 0 Å². The van der Waals surface area contributed by atoms with Crippen molar-refractivity contribution in [1.29, 1.82) is 0 Å². The maximum atomic E-state index is 2.58. The van der Waals surface area contributed by atoms with Crippen molar-refractivity contribution >= 4 is 8.07 Å².